The van der Waals surface area contributed by atoms with E-state index in [4.69, 9.17) is 4.74 Å². The van der Waals surface area contributed by atoms with E-state index in [0.29, 0.717) is 6.54 Å². The Balaban J connectivity index is 2.33. The van der Waals surface area contributed by atoms with Crippen LogP contribution in [0, 0.1) is 0 Å². The molecule has 0 aliphatic carbocycles. The molecule has 0 fully saturated rings. The standard InChI is InChI=1S/C15H24N2O2/c1-12(2)17(3)15(18)11-16-10-9-13-7-5-6-8-14(13)19-4/h5-8,12,16H,9-11H2,1-4H3. The normalized spacial score (nSPS) is 10.6. The zero-order valence-corrected chi connectivity index (χ0v) is 12.3. The molecule has 0 aromatic heterocycles. The van der Waals surface area contributed by atoms with Gasteiger partial charge in [-0.25, -0.2) is 0 Å². The van der Waals surface area contributed by atoms with Crippen molar-refractivity contribution in [2.24, 2.45) is 0 Å². The summed E-state index contributed by atoms with van der Waals surface area (Å²) in [6.07, 6.45) is 0.850. The zero-order valence-electron chi connectivity index (χ0n) is 12.3. The molecule has 0 heterocycles. The maximum absolute atomic E-state index is 11.8. The highest BCUT2D eigenvalue weighted by molar-refractivity contribution is 5.78. The first kappa shape index (κ1) is 15.5. The number of benzene rings is 1. The molecule has 1 amide bonds. The number of nitrogens with one attached hydrogen (secondary N) is 1. The molecular weight excluding hydrogens is 240 g/mol. The number of carbonyl (C=O) groups excluding carboxylic acids is 1. The molecule has 1 aromatic rings. The minimum atomic E-state index is 0.120. The Morgan fingerprint density at radius 2 is 2.05 bits per heavy atom. The Bertz CT molecular complexity index is 405. The van der Waals surface area contributed by atoms with Crippen LogP contribution in [0.5, 0.6) is 5.75 Å². The molecule has 0 atom stereocenters. The van der Waals surface area contributed by atoms with E-state index in [2.05, 4.69) is 5.32 Å². The van der Waals surface area contributed by atoms with Crippen LogP contribution in [0.15, 0.2) is 24.3 Å². The first-order valence-electron chi connectivity index (χ1n) is 6.64. The lowest BCUT2D eigenvalue weighted by atomic mass is 10.1. The van der Waals surface area contributed by atoms with Gasteiger partial charge >= 0.3 is 0 Å². The molecule has 0 saturated heterocycles. The smallest absolute Gasteiger partial charge is 0.236 e. The lowest BCUT2D eigenvalue weighted by Gasteiger charge is -2.21. The van der Waals surface area contributed by atoms with E-state index in [9.17, 15) is 4.79 Å². The number of hydrogen-bond acceptors (Lipinski definition) is 3. The monoisotopic (exact) mass is 264 g/mol. The molecule has 1 aromatic carbocycles. The third kappa shape index (κ3) is 4.91. The van der Waals surface area contributed by atoms with Crippen LogP contribution in [0.25, 0.3) is 0 Å². The van der Waals surface area contributed by atoms with Gasteiger partial charge in [-0.2, -0.15) is 0 Å². The summed E-state index contributed by atoms with van der Waals surface area (Å²) < 4.78 is 5.29. The van der Waals surface area contributed by atoms with Crippen LogP contribution in [0.3, 0.4) is 0 Å². The van der Waals surface area contributed by atoms with E-state index in [1.807, 2.05) is 45.2 Å². The minimum Gasteiger partial charge on any atom is -0.496 e. The summed E-state index contributed by atoms with van der Waals surface area (Å²) in [5, 5.41) is 3.17. The number of amides is 1. The largest absolute Gasteiger partial charge is 0.496 e. The van der Waals surface area contributed by atoms with Crippen molar-refractivity contribution >= 4 is 5.91 Å². The van der Waals surface area contributed by atoms with Crippen molar-refractivity contribution in [1.29, 1.82) is 0 Å². The second-order valence-electron chi connectivity index (χ2n) is 4.84. The van der Waals surface area contributed by atoms with Crippen LogP contribution >= 0.6 is 0 Å². The second kappa shape index (κ2) is 7.79. The zero-order chi connectivity index (χ0) is 14.3. The quantitative estimate of drug-likeness (QED) is 0.762. The highest BCUT2D eigenvalue weighted by atomic mass is 16.5. The van der Waals surface area contributed by atoms with Gasteiger partial charge in [-0.05, 0) is 38.4 Å². The third-order valence-electron chi connectivity index (χ3n) is 3.21. The fourth-order valence-corrected chi connectivity index (χ4v) is 1.74. The number of carbonyl (C=O) groups is 1. The number of nitrogens with zero attached hydrogens (tertiary/aromatic N) is 1. The van der Waals surface area contributed by atoms with E-state index in [-0.39, 0.29) is 11.9 Å². The summed E-state index contributed by atoms with van der Waals surface area (Å²) in [5.41, 5.74) is 1.15. The molecule has 0 radical (unpaired) electrons. The van der Waals surface area contributed by atoms with Gasteiger partial charge in [0.2, 0.25) is 5.91 Å². The predicted octanol–water partition coefficient (Wildman–Crippen LogP) is 1.69. The van der Waals surface area contributed by atoms with Crippen LogP contribution in [0.1, 0.15) is 19.4 Å². The fraction of sp³-hybridized carbons (Fsp3) is 0.533. The second-order valence-corrected chi connectivity index (χ2v) is 4.84. The summed E-state index contributed by atoms with van der Waals surface area (Å²) >= 11 is 0. The number of rotatable bonds is 7. The molecule has 0 bridgehead atoms. The molecule has 0 aliphatic rings. The lowest BCUT2D eigenvalue weighted by Crippen LogP contribution is -2.39. The van der Waals surface area contributed by atoms with Crippen molar-refractivity contribution in [3.63, 3.8) is 0 Å². The molecule has 4 nitrogen and oxygen atoms in total. The first-order chi connectivity index (χ1) is 9.06. The van der Waals surface area contributed by atoms with Gasteiger partial charge in [0, 0.05) is 13.1 Å². The molecule has 0 unspecified atom stereocenters. The molecule has 0 aliphatic heterocycles. The third-order valence-corrected chi connectivity index (χ3v) is 3.21. The summed E-state index contributed by atoms with van der Waals surface area (Å²) in [6, 6.07) is 8.19. The van der Waals surface area contributed by atoms with Crippen LogP contribution in [-0.4, -0.2) is 44.1 Å². The van der Waals surface area contributed by atoms with Gasteiger partial charge in [-0.1, -0.05) is 18.2 Å². The maximum atomic E-state index is 11.8. The Morgan fingerprint density at radius 1 is 1.37 bits per heavy atom. The number of likely N-dealkylation sites (N-methyl/N-ethyl adjacent to an activating group) is 1. The highest BCUT2D eigenvalue weighted by Gasteiger charge is 2.10. The lowest BCUT2D eigenvalue weighted by molar-refractivity contribution is -0.130. The molecule has 0 saturated carbocycles. The van der Waals surface area contributed by atoms with Crippen molar-refractivity contribution in [2.75, 3.05) is 27.2 Å². The SMILES string of the molecule is COc1ccccc1CCNCC(=O)N(C)C(C)C. The van der Waals surface area contributed by atoms with Gasteiger partial charge in [0.1, 0.15) is 5.75 Å². The van der Waals surface area contributed by atoms with E-state index in [1.165, 1.54) is 0 Å². The Hall–Kier alpha value is -1.55. The van der Waals surface area contributed by atoms with Crippen molar-refractivity contribution in [2.45, 2.75) is 26.3 Å². The van der Waals surface area contributed by atoms with Crippen LogP contribution in [0.2, 0.25) is 0 Å². The van der Waals surface area contributed by atoms with E-state index in [1.54, 1.807) is 12.0 Å². The summed E-state index contributed by atoms with van der Waals surface area (Å²) in [6.45, 7) is 5.15. The minimum absolute atomic E-state index is 0.120. The van der Waals surface area contributed by atoms with Crippen molar-refractivity contribution < 1.29 is 9.53 Å². The van der Waals surface area contributed by atoms with Gasteiger partial charge in [0.15, 0.2) is 0 Å². The van der Waals surface area contributed by atoms with Gasteiger partial charge in [0.25, 0.3) is 0 Å². The van der Waals surface area contributed by atoms with Gasteiger partial charge < -0.3 is 15.0 Å². The number of ether oxygens (including phenoxy) is 1. The van der Waals surface area contributed by atoms with E-state index in [0.717, 1.165) is 24.3 Å². The predicted molar refractivity (Wildman–Crippen MR) is 77.5 cm³/mol. The van der Waals surface area contributed by atoms with Gasteiger partial charge in [-0.15, -0.1) is 0 Å². The average Bonchev–Trinajstić information content (AvgIpc) is 2.42. The van der Waals surface area contributed by atoms with Gasteiger partial charge in [0.05, 0.1) is 13.7 Å². The molecule has 4 heteroatoms. The van der Waals surface area contributed by atoms with Crippen LogP contribution in [-0.2, 0) is 11.2 Å². The summed E-state index contributed by atoms with van der Waals surface area (Å²) in [7, 11) is 3.50. The number of para-hydroxylation sites is 1. The Labute approximate surface area is 115 Å². The summed E-state index contributed by atoms with van der Waals surface area (Å²) in [4.78, 5) is 13.5. The molecule has 106 valence electrons. The maximum Gasteiger partial charge on any atom is 0.236 e. The molecule has 19 heavy (non-hydrogen) atoms. The van der Waals surface area contributed by atoms with Crippen LogP contribution in [0.4, 0.5) is 0 Å². The molecule has 0 spiro atoms. The fourth-order valence-electron chi connectivity index (χ4n) is 1.74. The average molecular weight is 264 g/mol. The van der Waals surface area contributed by atoms with Crippen molar-refractivity contribution in [3.8, 4) is 5.75 Å². The summed E-state index contributed by atoms with van der Waals surface area (Å²) in [5.74, 6) is 1.02. The topological polar surface area (TPSA) is 41.6 Å². The number of methoxy groups -OCH3 is 1. The Morgan fingerprint density at radius 3 is 2.68 bits per heavy atom. The first-order valence-corrected chi connectivity index (χ1v) is 6.64. The van der Waals surface area contributed by atoms with Crippen LogP contribution < -0.4 is 10.1 Å². The van der Waals surface area contributed by atoms with Gasteiger partial charge in [-0.3, -0.25) is 4.79 Å². The molecule has 1 rings (SSSR count). The number of hydrogen-bond donors (Lipinski definition) is 1. The molecular formula is C15H24N2O2. The molecule has 1 N–H and O–H groups in total. The Kier molecular flexibility index (Phi) is 6.36. The van der Waals surface area contributed by atoms with Crippen molar-refractivity contribution in [1.82, 2.24) is 10.2 Å². The highest BCUT2D eigenvalue weighted by Crippen LogP contribution is 2.17. The van der Waals surface area contributed by atoms with E-state index >= 15 is 0 Å². The van der Waals surface area contributed by atoms with E-state index < -0.39 is 0 Å². The van der Waals surface area contributed by atoms with Crippen molar-refractivity contribution in [3.05, 3.63) is 29.8 Å².